The number of phenols is 1. The van der Waals surface area contributed by atoms with Crippen molar-refractivity contribution in [1.29, 1.82) is 0 Å². The van der Waals surface area contributed by atoms with Crippen molar-refractivity contribution in [1.82, 2.24) is 0 Å². The Morgan fingerprint density at radius 1 is 1.53 bits per heavy atom. The topological polar surface area (TPSA) is 46.2 Å². The maximum atomic E-state index is 13.0. The monoisotopic (exact) mass is 213 g/mol. The summed E-state index contributed by atoms with van der Waals surface area (Å²) in [6.07, 6.45) is 0.415. The summed E-state index contributed by atoms with van der Waals surface area (Å²) >= 11 is 0. The standard InChI is InChI=1S/C11H13F2NO/c1-6(2)5-9(14)7-3-4-8(12)10(13)11(7)15/h3-4,9,15H,1,5,14H2,2H3/t9-/m0/s1. The molecule has 0 amide bonds. The van der Waals surface area contributed by atoms with Crippen LogP contribution in [0.5, 0.6) is 5.75 Å². The average Bonchev–Trinajstić information content (AvgIpc) is 2.13. The minimum Gasteiger partial charge on any atom is -0.505 e. The van der Waals surface area contributed by atoms with Crippen LogP contribution >= 0.6 is 0 Å². The second kappa shape index (κ2) is 4.40. The smallest absolute Gasteiger partial charge is 0.200 e. The summed E-state index contributed by atoms with van der Waals surface area (Å²) < 4.78 is 25.7. The van der Waals surface area contributed by atoms with Gasteiger partial charge < -0.3 is 10.8 Å². The number of hydrogen-bond acceptors (Lipinski definition) is 2. The molecular weight excluding hydrogens is 200 g/mol. The van der Waals surface area contributed by atoms with Crippen molar-refractivity contribution in [2.75, 3.05) is 0 Å². The van der Waals surface area contributed by atoms with Crippen molar-refractivity contribution in [2.45, 2.75) is 19.4 Å². The Morgan fingerprint density at radius 3 is 2.67 bits per heavy atom. The zero-order valence-corrected chi connectivity index (χ0v) is 8.43. The second-order valence-electron chi connectivity index (χ2n) is 3.57. The van der Waals surface area contributed by atoms with Gasteiger partial charge in [0, 0.05) is 11.6 Å². The molecule has 3 N–H and O–H groups in total. The Morgan fingerprint density at radius 2 is 2.13 bits per heavy atom. The summed E-state index contributed by atoms with van der Waals surface area (Å²) in [5, 5.41) is 9.34. The molecule has 1 aromatic rings. The van der Waals surface area contributed by atoms with Gasteiger partial charge in [0.15, 0.2) is 11.6 Å². The lowest BCUT2D eigenvalue weighted by Gasteiger charge is -2.13. The Bertz CT molecular complexity index is 390. The molecule has 0 saturated heterocycles. The number of halogens is 2. The highest BCUT2D eigenvalue weighted by Gasteiger charge is 2.17. The minimum absolute atomic E-state index is 0.192. The second-order valence-corrected chi connectivity index (χ2v) is 3.57. The molecule has 0 aliphatic carbocycles. The fourth-order valence-corrected chi connectivity index (χ4v) is 1.34. The summed E-state index contributed by atoms with van der Waals surface area (Å²) in [5.74, 6) is -3.06. The first-order chi connectivity index (χ1) is 6.93. The minimum atomic E-state index is -1.26. The van der Waals surface area contributed by atoms with E-state index in [-0.39, 0.29) is 5.56 Å². The fraction of sp³-hybridized carbons (Fsp3) is 0.273. The molecule has 1 atom stereocenters. The molecule has 4 heteroatoms. The molecule has 0 heterocycles. The zero-order valence-electron chi connectivity index (χ0n) is 8.43. The van der Waals surface area contributed by atoms with Gasteiger partial charge in [-0.3, -0.25) is 0 Å². The van der Waals surface area contributed by atoms with Crippen LogP contribution < -0.4 is 5.73 Å². The number of benzene rings is 1. The molecule has 0 fully saturated rings. The van der Waals surface area contributed by atoms with Crippen LogP contribution in [0.1, 0.15) is 24.9 Å². The lowest BCUT2D eigenvalue weighted by molar-refractivity contribution is 0.397. The third-order valence-electron chi connectivity index (χ3n) is 2.07. The lowest BCUT2D eigenvalue weighted by Crippen LogP contribution is -2.11. The van der Waals surface area contributed by atoms with E-state index >= 15 is 0 Å². The zero-order chi connectivity index (χ0) is 11.6. The van der Waals surface area contributed by atoms with Crippen LogP contribution in [0.2, 0.25) is 0 Å². The molecule has 0 bridgehead atoms. The van der Waals surface area contributed by atoms with Gasteiger partial charge >= 0.3 is 0 Å². The fourth-order valence-electron chi connectivity index (χ4n) is 1.34. The predicted molar refractivity (Wildman–Crippen MR) is 54.4 cm³/mol. The van der Waals surface area contributed by atoms with Crippen molar-refractivity contribution in [3.8, 4) is 5.75 Å². The number of nitrogens with two attached hydrogens (primary N) is 1. The van der Waals surface area contributed by atoms with E-state index in [1.54, 1.807) is 6.92 Å². The highest BCUT2D eigenvalue weighted by Crippen LogP contribution is 2.30. The highest BCUT2D eigenvalue weighted by atomic mass is 19.2. The molecular formula is C11H13F2NO. The van der Waals surface area contributed by atoms with E-state index in [1.165, 1.54) is 6.07 Å². The van der Waals surface area contributed by atoms with Crippen LogP contribution in [-0.4, -0.2) is 5.11 Å². The Hall–Kier alpha value is -1.42. The molecule has 1 aromatic carbocycles. The van der Waals surface area contributed by atoms with Crippen LogP contribution in [0, 0.1) is 11.6 Å². The third-order valence-corrected chi connectivity index (χ3v) is 2.07. The lowest BCUT2D eigenvalue weighted by atomic mass is 10.00. The van der Waals surface area contributed by atoms with Gasteiger partial charge in [0.05, 0.1) is 0 Å². The average molecular weight is 213 g/mol. The summed E-state index contributed by atoms with van der Waals surface area (Å²) in [6.45, 7) is 5.44. The SMILES string of the molecule is C=C(C)C[C@H](N)c1ccc(F)c(F)c1O. The summed E-state index contributed by atoms with van der Waals surface area (Å²) in [7, 11) is 0. The third kappa shape index (κ3) is 2.53. The van der Waals surface area contributed by atoms with E-state index in [0.29, 0.717) is 6.42 Å². The van der Waals surface area contributed by atoms with Crippen molar-refractivity contribution in [3.05, 3.63) is 41.5 Å². The van der Waals surface area contributed by atoms with Gasteiger partial charge in [-0.15, -0.1) is 6.58 Å². The van der Waals surface area contributed by atoms with Crippen LogP contribution in [0.3, 0.4) is 0 Å². The first-order valence-electron chi connectivity index (χ1n) is 4.50. The first-order valence-corrected chi connectivity index (χ1v) is 4.50. The van der Waals surface area contributed by atoms with Gasteiger partial charge in [0.25, 0.3) is 0 Å². The summed E-state index contributed by atoms with van der Waals surface area (Å²) in [6, 6.07) is 1.65. The Kier molecular flexibility index (Phi) is 3.42. The molecule has 0 aliphatic heterocycles. The number of rotatable bonds is 3. The van der Waals surface area contributed by atoms with Gasteiger partial charge in [-0.2, -0.15) is 4.39 Å². The van der Waals surface area contributed by atoms with Crippen molar-refractivity contribution >= 4 is 0 Å². The maximum Gasteiger partial charge on any atom is 0.200 e. The van der Waals surface area contributed by atoms with Gasteiger partial charge in [-0.05, 0) is 19.4 Å². The number of hydrogen-bond donors (Lipinski definition) is 2. The molecule has 0 aliphatic rings. The van der Waals surface area contributed by atoms with Gasteiger partial charge in [0.1, 0.15) is 0 Å². The molecule has 15 heavy (non-hydrogen) atoms. The first kappa shape index (κ1) is 11.7. The van der Waals surface area contributed by atoms with E-state index in [0.717, 1.165) is 11.6 Å². The Balaban J connectivity index is 3.05. The van der Waals surface area contributed by atoms with Crippen LogP contribution in [-0.2, 0) is 0 Å². The molecule has 0 saturated carbocycles. The van der Waals surface area contributed by atoms with E-state index in [4.69, 9.17) is 5.73 Å². The van der Waals surface area contributed by atoms with E-state index < -0.39 is 23.4 Å². The maximum absolute atomic E-state index is 13.0. The van der Waals surface area contributed by atoms with E-state index in [9.17, 15) is 13.9 Å². The molecule has 1 rings (SSSR count). The van der Waals surface area contributed by atoms with Gasteiger partial charge in [-0.1, -0.05) is 11.6 Å². The van der Waals surface area contributed by atoms with Crippen LogP contribution in [0.25, 0.3) is 0 Å². The van der Waals surface area contributed by atoms with E-state index in [2.05, 4.69) is 6.58 Å². The Labute approximate surface area is 87.0 Å². The summed E-state index contributed by atoms with van der Waals surface area (Å²) in [4.78, 5) is 0. The van der Waals surface area contributed by atoms with Crippen LogP contribution in [0.4, 0.5) is 8.78 Å². The van der Waals surface area contributed by atoms with E-state index in [1.807, 2.05) is 0 Å². The molecule has 0 aromatic heterocycles. The van der Waals surface area contributed by atoms with Crippen LogP contribution in [0.15, 0.2) is 24.3 Å². The molecule has 0 radical (unpaired) electrons. The summed E-state index contributed by atoms with van der Waals surface area (Å²) in [5.41, 5.74) is 6.71. The van der Waals surface area contributed by atoms with Gasteiger partial charge in [0.2, 0.25) is 5.82 Å². The molecule has 0 unspecified atom stereocenters. The quantitative estimate of drug-likeness (QED) is 0.758. The van der Waals surface area contributed by atoms with Crippen molar-refractivity contribution in [3.63, 3.8) is 0 Å². The number of phenolic OH excluding ortho intramolecular Hbond substituents is 1. The molecule has 82 valence electrons. The molecule has 0 spiro atoms. The van der Waals surface area contributed by atoms with Gasteiger partial charge in [-0.25, -0.2) is 4.39 Å². The predicted octanol–water partition coefficient (Wildman–Crippen LogP) is 2.64. The normalized spacial score (nSPS) is 12.5. The molecule has 2 nitrogen and oxygen atoms in total. The highest BCUT2D eigenvalue weighted by molar-refractivity contribution is 5.37. The number of aromatic hydroxyl groups is 1. The van der Waals surface area contributed by atoms with Crippen molar-refractivity contribution in [2.24, 2.45) is 5.73 Å². The van der Waals surface area contributed by atoms with Crippen molar-refractivity contribution < 1.29 is 13.9 Å². The largest absolute Gasteiger partial charge is 0.505 e.